The standard InChI is InChI=1S/C11H11ClN4O/c1-14-11(17)16-9-6-3-2-4-8(13)10(6)15-5-7(9)12/h2-5H,13H2,1H3,(H2,14,15,16,17). The molecule has 2 amide bonds. The number of halogens is 1. The number of aromatic nitrogens is 1. The molecule has 0 aliphatic heterocycles. The fourth-order valence-electron chi connectivity index (χ4n) is 1.52. The van der Waals surface area contributed by atoms with E-state index in [4.69, 9.17) is 17.3 Å². The molecule has 1 aromatic carbocycles. The van der Waals surface area contributed by atoms with Gasteiger partial charge in [0.1, 0.15) is 0 Å². The van der Waals surface area contributed by atoms with E-state index < -0.39 is 0 Å². The van der Waals surface area contributed by atoms with Crippen LogP contribution in [0.25, 0.3) is 10.9 Å². The quantitative estimate of drug-likeness (QED) is 0.679. The Morgan fingerprint density at radius 2 is 2.24 bits per heavy atom. The summed E-state index contributed by atoms with van der Waals surface area (Å²) >= 11 is 6.01. The lowest BCUT2D eigenvalue weighted by Crippen LogP contribution is -2.24. The fraction of sp³-hybridized carbons (Fsp3) is 0.0909. The lowest BCUT2D eigenvalue weighted by atomic mass is 10.1. The first kappa shape index (κ1) is 11.5. The highest BCUT2D eigenvalue weighted by atomic mass is 35.5. The molecule has 0 unspecified atom stereocenters. The zero-order chi connectivity index (χ0) is 12.4. The number of urea groups is 1. The van der Waals surface area contributed by atoms with Gasteiger partial charge in [-0.15, -0.1) is 0 Å². The molecule has 0 aliphatic carbocycles. The average Bonchev–Trinajstić information content (AvgIpc) is 2.33. The van der Waals surface area contributed by atoms with Gasteiger partial charge in [0.05, 0.1) is 21.9 Å². The second kappa shape index (κ2) is 4.47. The topological polar surface area (TPSA) is 80.0 Å². The molecule has 2 rings (SSSR count). The minimum atomic E-state index is -0.346. The molecule has 2 aromatic rings. The van der Waals surface area contributed by atoms with Gasteiger partial charge in [0.2, 0.25) is 0 Å². The summed E-state index contributed by atoms with van der Waals surface area (Å²) in [6, 6.07) is 4.98. The van der Waals surface area contributed by atoms with Crippen molar-refractivity contribution >= 4 is 39.9 Å². The SMILES string of the molecule is CNC(=O)Nc1c(Cl)cnc2c(N)cccc12. The second-order valence-electron chi connectivity index (χ2n) is 3.43. The van der Waals surface area contributed by atoms with Crippen molar-refractivity contribution in [2.45, 2.75) is 0 Å². The van der Waals surface area contributed by atoms with Crippen molar-refractivity contribution in [1.29, 1.82) is 0 Å². The van der Waals surface area contributed by atoms with E-state index in [-0.39, 0.29) is 6.03 Å². The van der Waals surface area contributed by atoms with Crippen molar-refractivity contribution in [3.8, 4) is 0 Å². The molecule has 1 heterocycles. The number of carbonyl (C=O) groups is 1. The van der Waals surface area contributed by atoms with E-state index in [1.165, 1.54) is 13.2 Å². The molecule has 88 valence electrons. The van der Waals surface area contributed by atoms with E-state index in [0.717, 1.165) is 0 Å². The van der Waals surface area contributed by atoms with Crippen LogP contribution in [0.1, 0.15) is 0 Å². The number of carbonyl (C=O) groups excluding carboxylic acids is 1. The highest BCUT2D eigenvalue weighted by Gasteiger charge is 2.11. The van der Waals surface area contributed by atoms with Crippen molar-refractivity contribution in [2.24, 2.45) is 0 Å². The number of nitrogens with zero attached hydrogens (tertiary/aromatic N) is 1. The molecule has 0 atom stereocenters. The van der Waals surface area contributed by atoms with Crippen LogP contribution in [0.2, 0.25) is 5.02 Å². The van der Waals surface area contributed by atoms with Crippen LogP contribution in [-0.4, -0.2) is 18.1 Å². The Hall–Kier alpha value is -2.01. The summed E-state index contributed by atoms with van der Waals surface area (Å²) < 4.78 is 0. The Morgan fingerprint density at radius 1 is 1.47 bits per heavy atom. The normalized spacial score (nSPS) is 10.2. The summed E-state index contributed by atoms with van der Waals surface area (Å²) in [5, 5.41) is 6.19. The number of para-hydroxylation sites is 1. The van der Waals surface area contributed by atoms with Crippen LogP contribution in [0.15, 0.2) is 24.4 Å². The number of hydrogen-bond acceptors (Lipinski definition) is 3. The number of anilines is 2. The molecular weight excluding hydrogens is 240 g/mol. The van der Waals surface area contributed by atoms with Gasteiger partial charge < -0.3 is 16.4 Å². The summed E-state index contributed by atoms with van der Waals surface area (Å²) in [5.74, 6) is 0. The van der Waals surface area contributed by atoms with E-state index in [0.29, 0.717) is 27.3 Å². The van der Waals surface area contributed by atoms with Gasteiger partial charge in [-0.1, -0.05) is 23.7 Å². The van der Waals surface area contributed by atoms with Crippen molar-refractivity contribution in [3.63, 3.8) is 0 Å². The zero-order valence-corrected chi connectivity index (χ0v) is 9.88. The lowest BCUT2D eigenvalue weighted by molar-refractivity contribution is 0.254. The average molecular weight is 251 g/mol. The maximum atomic E-state index is 11.3. The molecule has 0 spiro atoms. The van der Waals surface area contributed by atoms with Crippen LogP contribution in [0.4, 0.5) is 16.2 Å². The number of benzene rings is 1. The molecule has 0 saturated heterocycles. The minimum absolute atomic E-state index is 0.346. The number of nitrogen functional groups attached to an aromatic ring is 1. The van der Waals surface area contributed by atoms with E-state index in [2.05, 4.69) is 15.6 Å². The predicted molar refractivity (Wildman–Crippen MR) is 69.2 cm³/mol. The predicted octanol–water partition coefficient (Wildman–Crippen LogP) is 2.22. The van der Waals surface area contributed by atoms with Gasteiger partial charge in [0.25, 0.3) is 0 Å². The molecular formula is C11H11ClN4O. The smallest absolute Gasteiger partial charge is 0.319 e. The highest BCUT2D eigenvalue weighted by Crippen LogP contribution is 2.31. The van der Waals surface area contributed by atoms with Crippen molar-refractivity contribution in [3.05, 3.63) is 29.4 Å². The van der Waals surface area contributed by atoms with Gasteiger partial charge >= 0.3 is 6.03 Å². The second-order valence-corrected chi connectivity index (χ2v) is 3.84. The van der Waals surface area contributed by atoms with Crippen LogP contribution < -0.4 is 16.4 Å². The number of nitrogens with one attached hydrogen (secondary N) is 2. The number of nitrogens with two attached hydrogens (primary N) is 1. The first-order chi connectivity index (χ1) is 8.13. The molecule has 0 radical (unpaired) electrons. The number of fused-ring (bicyclic) bond motifs is 1. The highest BCUT2D eigenvalue weighted by molar-refractivity contribution is 6.35. The largest absolute Gasteiger partial charge is 0.397 e. The summed E-state index contributed by atoms with van der Waals surface area (Å²) in [6.07, 6.45) is 1.46. The first-order valence-electron chi connectivity index (χ1n) is 4.95. The van der Waals surface area contributed by atoms with Crippen LogP contribution in [0, 0.1) is 0 Å². The van der Waals surface area contributed by atoms with E-state index >= 15 is 0 Å². The lowest BCUT2D eigenvalue weighted by Gasteiger charge is -2.10. The Morgan fingerprint density at radius 3 is 2.94 bits per heavy atom. The van der Waals surface area contributed by atoms with Gasteiger partial charge in [0.15, 0.2) is 0 Å². The minimum Gasteiger partial charge on any atom is -0.397 e. The van der Waals surface area contributed by atoms with Crippen LogP contribution >= 0.6 is 11.6 Å². The Labute approximate surface area is 103 Å². The maximum Gasteiger partial charge on any atom is 0.319 e. The van der Waals surface area contributed by atoms with Gasteiger partial charge in [-0.25, -0.2) is 4.79 Å². The third-order valence-electron chi connectivity index (χ3n) is 2.35. The molecule has 0 fully saturated rings. The van der Waals surface area contributed by atoms with Gasteiger partial charge in [-0.05, 0) is 6.07 Å². The summed E-state index contributed by atoms with van der Waals surface area (Å²) in [6.45, 7) is 0. The van der Waals surface area contributed by atoms with Gasteiger partial charge in [-0.3, -0.25) is 4.98 Å². The summed E-state index contributed by atoms with van der Waals surface area (Å²) in [5.41, 5.74) is 7.46. The van der Waals surface area contributed by atoms with Crippen molar-refractivity contribution in [2.75, 3.05) is 18.1 Å². The summed E-state index contributed by atoms with van der Waals surface area (Å²) in [4.78, 5) is 15.5. The zero-order valence-electron chi connectivity index (χ0n) is 9.12. The maximum absolute atomic E-state index is 11.3. The van der Waals surface area contributed by atoms with Crippen LogP contribution in [0.5, 0.6) is 0 Å². The van der Waals surface area contributed by atoms with Crippen LogP contribution in [-0.2, 0) is 0 Å². The third-order valence-corrected chi connectivity index (χ3v) is 2.63. The Kier molecular flexibility index (Phi) is 3.01. The monoisotopic (exact) mass is 250 g/mol. The van der Waals surface area contributed by atoms with Crippen molar-refractivity contribution < 1.29 is 4.79 Å². The third kappa shape index (κ3) is 2.09. The Bertz CT molecular complexity index is 585. The van der Waals surface area contributed by atoms with E-state index in [1.807, 2.05) is 0 Å². The molecule has 0 bridgehead atoms. The summed E-state index contributed by atoms with van der Waals surface area (Å²) in [7, 11) is 1.53. The molecule has 5 nitrogen and oxygen atoms in total. The van der Waals surface area contributed by atoms with Gasteiger partial charge in [0, 0.05) is 18.6 Å². The molecule has 17 heavy (non-hydrogen) atoms. The fourth-order valence-corrected chi connectivity index (χ4v) is 1.72. The van der Waals surface area contributed by atoms with E-state index in [1.54, 1.807) is 18.2 Å². The molecule has 4 N–H and O–H groups in total. The molecule has 0 saturated carbocycles. The van der Waals surface area contributed by atoms with E-state index in [9.17, 15) is 4.79 Å². The molecule has 1 aromatic heterocycles. The number of hydrogen-bond donors (Lipinski definition) is 3. The number of amides is 2. The molecule has 0 aliphatic rings. The van der Waals surface area contributed by atoms with Gasteiger partial charge in [-0.2, -0.15) is 0 Å². The first-order valence-corrected chi connectivity index (χ1v) is 5.32. The Balaban J connectivity index is 2.63. The number of pyridine rings is 1. The van der Waals surface area contributed by atoms with Crippen LogP contribution in [0.3, 0.4) is 0 Å². The van der Waals surface area contributed by atoms with Crippen molar-refractivity contribution in [1.82, 2.24) is 10.3 Å². The number of rotatable bonds is 1. The molecule has 6 heteroatoms.